The number of aromatic nitrogens is 1. The number of rotatable bonds is 3. The van der Waals surface area contributed by atoms with Gasteiger partial charge in [-0.3, -0.25) is 4.72 Å². The van der Waals surface area contributed by atoms with Gasteiger partial charge in [-0.2, -0.15) is 0 Å². The van der Waals surface area contributed by atoms with Gasteiger partial charge in [0.15, 0.2) is 11.6 Å². The molecule has 1 heterocycles. The first-order chi connectivity index (χ1) is 9.70. The van der Waals surface area contributed by atoms with E-state index in [4.69, 9.17) is 17.3 Å². The molecule has 1 aromatic heterocycles. The van der Waals surface area contributed by atoms with Gasteiger partial charge in [-0.05, 0) is 18.2 Å². The quantitative estimate of drug-likeness (QED) is 0.832. The standard InChI is InChI=1S/C11H7BrClF2N3O2S/c12-5-1-8(14)10(9(15)2-5)18-21(19,20)6-3-7(13)11(16)17-4-6/h1-4,18H,(H2,16,17). The summed E-state index contributed by atoms with van der Waals surface area (Å²) in [7, 11) is -4.26. The lowest BCUT2D eigenvalue weighted by atomic mass is 10.3. The van der Waals surface area contributed by atoms with Crippen molar-refractivity contribution in [1.82, 2.24) is 4.98 Å². The normalized spacial score (nSPS) is 11.4. The van der Waals surface area contributed by atoms with Crippen molar-refractivity contribution in [1.29, 1.82) is 0 Å². The molecule has 0 unspecified atom stereocenters. The number of hydrogen-bond donors (Lipinski definition) is 2. The van der Waals surface area contributed by atoms with Crippen LogP contribution in [0.5, 0.6) is 0 Å². The van der Waals surface area contributed by atoms with Crippen LogP contribution in [0, 0.1) is 11.6 Å². The minimum Gasteiger partial charge on any atom is -0.382 e. The van der Waals surface area contributed by atoms with Crippen molar-refractivity contribution in [2.75, 3.05) is 10.5 Å². The van der Waals surface area contributed by atoms with E-state index in [2.05, 4.69) is 20.9 Å². The Morgan fingerprint density at radius 3 is 2.33 bits per heavy atom. The summed E-state index contributed by atoms with van der Waals surface area (Å²) in [6.07, 6.45) is 0.929. The van der Waals surface area contributed by atoms with Crippen LogP contribution in [0.1, 0.15) is 0 Å². The van der Waals surface area contributed by atoms with Gasteiger partial charge in [0.25, 0.3) is 10.0 Å². The number of nitrogens with two attached hydrogens (primary N) is 1. The van der Waals surface area contributed by atoms with Gasteiger partial charge in [-0.25, -0.2) is 22.2 Å². The zero-order valence-corrected chi connectivity index (χ0v) is 13.2. The number of nitrogens with zero attached hydrogens (tertiary/aromatic N) is 1. The van der Waals surface area contributed by atoms with Crippen molar-refractivity contribution in [2.24, 2.45) is 0 Å². The van der Waals surface area contributed by atoms with E-state index in [9.17, 15) is 17.2 Å². The number of nitrogens with one attached hydrogen (secondary N) is 1. The summed E-state index contributed by atoms with van der Waals surface area (Å²) in [6.45, 7) is 0. The molecule has 1 aromatic carbocycles. The van der Waals surface area contributed by atoms with Crippen molar-refractivity contribution in [3.05, 3.63) is 45.5 Å². The predicted molar refractivity (Wildman–Crippen MR) is 78.5 cm³/mol. The first-order valence-electron chi connectivity index (χ1n) is 5.29. The van der Waals surface area contributed by atoms with Crippen LogP contribution >= 0.6 is 27.5 Å². The van der Waals surface area contributed by atoms with Crippen LogP contribution in [0.15, 0.2) is 33.8 Å². The number of nitrogen functional groups attached to an aromatic ring is 1. The minimum atomic E-state index is -4.26. The largest absolute Gasteiger partial charge is 0.382 e. The fourth-order valence-electron chi connectivity index (χ4n) is 1.41. The Bertz CT molecular complexity index is 794. The molecule has 0 saturated heterocycles. The molecule has 0 aliphatic carbocycles. The van der Waals surface area contributed by atoms with E-state index in [0.29, 0.717) is 0 Å². The van der Waals surface area contributed by atoms with Crippen LogP contribution in [0.4, 0.5) is 20.3 Å². The molecule has 5 nitrogen and oxygen atoms in total. The van der Waals surface area contributed by atoms with Gasteiger partial charge in [-0.15, -0.1) is 0 Å². The number of anilines is 2. The van der Waals surface area contributed by atoms with Gasteiger partial charge in [0.05, 0.1) is 5.02 Å². The summed E-state index contributed by atoms with van der Waals surface area (Å²) in [6, 6.07) is 2.88. The fraction of sp³-hybridized carbons (Fsp3) is 0. The zero-order chi connectivity index (χ0) is 15.8. The highest BCUT2D eigenvalue weighted by atomic mass is 79.9. The second kappa shape index (κ2) is 5.74. The van der Waals surface area contributed by atoms with Crippen LogP contribution in [0.2, 0.25) is 5.02 Å². The molecule has 0 bridgehead atoms. The smallest absolute Gasteiger partial charge is 0.263 e. The number of sulfonamides is 1. The van der Waals surface area contributed by atoms with Crippen molar-refractivity contribution >= 4 is 49.1 Å². The topological polar surface area (TPSA) is 85.1 Å². The first-order valence-corrected chi connectivity index (χ1v) is 7.94. The van der Waals surface area contributed by atoms with Crippen molar-refractivity contribution in [3.63, 3.8) is 0 Å². The summed E-state index contributed by atoms with van der Waals surface area (Å²) in [5.41, 5.74) is 4.57. The lowest BCUT2D eigenvalue weighted by molar-refractivity contribution is 0.582. The third-order valence-corrected chi connectivity index (χ3v) is 4.48. The second-order valence-electron chi connectivity index (χ2n) is 3.89. The summed E-state index contributed by atoms with van der Waals surface area (Å²) in [5, 5.41) is -0.0883. The Morgan fingerprint density at radius 1 is 1.24 bits per heavy atom. The molecule has 0 atom stereocenters. The lowest BCUT2D eigenvalue weighted by Crippen LogP contribution is -2.15. The van der Waals surface area contributed by atoms with Gasteiger partial charge in [0.1, 0.15) is 16.4 Å². The van der Waals surface area contributed by atoms with Crippen LogP contribution < -0.4 is 10.5 Å². The molecule has 112 valence electrons. The van der Waals surface area contributed by atoms with Gasteiger partial charge in [-0.1, -0.05) is 27.5 Å². The zero-order valence-electron chi connectivity index (χ0n) is 10.1. The van der Waals surface area contributed by atoms with Gasteiger partial charge in [0.2, 0.25) is 0 Å². The SMILES string of the molecule is Nc1ncc(S(=O)(=O)Nc2c(F)cc(Br)cc2F)cc1Cl. The molecule has 0 aliphatic rings. The van der Waals surface area contributed by atoms with E-state index >= 15 is 0 Å². The Hall–Kier alpha value is -1.45. The average Bonchev–Trinajstić information content (AvgIpc) is 2.37. The summed E-state index contributed by atoms with van der Waals surface area (Å²) in [5.74, 6) is -2.20. The Labute approximate surface area is 132 Å². The maximum absolute atomic E-state index is 13.6. The molecular weight excluding hydrogens is 392 g/mol. The van der Waals surface area contributed by atoms with E-state index in [0.717, 1.165) is 24.4 Å². The van der Waals surface area contributed by atoms with E-state index in [1.165, 1.54) is 0 Å². The predicted octanol–water partition coefficient (Wildman–Crippen LogP) is 3.16. The third kappa shape index (κ3) is 3.42. The molecule has 21 heavy (non-hydrogen) atoms. The van der Waals surface area contributed by atoms with Crippen LogP contribution in [0.25, 0.3) is 0 Å². The van der Waals surface area contributed by atoms with Gasteiger partial charge >= 0.3 is 0 Å². The van der Waals surface area contributed by atoms with Gasteiger partial charge < -0.3 is 5.73 Å². The van der Waals surface area contributed by atoms with E-state index in [-0.39, 0.29) is 20.2 Å². The summed E-state index contributed by atoms with van der Waals surface area (Å²) >= 11 is 8.56. The highest BCUT2D eigenvalue weighted by Gasteiger charge is 2.21. The molecule has 3 N–H and O–H groups in total. The summed E-state index contributed by atoms with van der Waals surface area (Å²) in [4.78, 5) is 3.21. The average molecular weight is 399 g/mol. The van der Waals surface area contributed by atoms with Crippen molar-refractivity contribution < 1.29 is 17.2 Å². The lowest BCUT2D eigenvalue weighted by Gasteiger charge is -2.10. The number of halogens is 4. The highest BCUT2D eigenvalue weighted by Crippen LogP contribution is 2.27. The Balaban J connectivity index is 2.44. The first kappa shape index (κ1) is 15.9. The number of benzene rings is 1. The molecule has 0 saturated carbocycles. The molecule has 0 fully saturated rings. The molecule has 2 aromatic rings. The maximum atomic E-state index is 13.6. The third-order valence-electron chi connectivity index (χ3n) is 2.40. The summed E-state index contributed by atoms with van der Waals surface area (Å²) < 4.78 is 53.3. The number of hydrogen-bond acceptors (Lipinski definition) is 4. The van der Waals surface area contributed by atoms with Crippen molar-refractivity contribution in [3.8, 4) is 0 Å². The minimum absolute atomic E-state index is 0.0587. The molecule has 0 aliphatic heterocycles. The molecule has 10 heteroatoms. The fourth-order valence-corrected chi connectivity index (χ4v) is 3.09. The van der Waals surface area contributed by atoms with Crippen LogP contribution in [-0.4, -0.2) is 13.4 Å². The van der Waals surface area contributed by atoms with Gasteiger partial charge in [0, 0.05) is 10.7 Å². The second-order valence-corrected chi connectivity index (χ2v) is 6.89. The molecule has 0 spiro atoms. The Morgan fingerprint density at radius 2 is 1.81 bits per heavy atom. The van der Waals surface area contributed by atoms with E-state index < -0.39 is 27.3 Å². The number of pyridine rings is 1. The van der Waals surface area contributed by atoms with Crippen molar-refractivity contribution in [2.45, 2.75) is 4.90 Å². The highest BCUT2D eigenvalue weighted by molar-refractivity contribution is 9.10. The molecule has 0 radical (unpaired) electrons. The van der Waals surface area contributed by atoms with Crippen LogP contribution in [-0.2, 0) is 10.0 Å². The van der Waals surface area contributed by atoms with E-state index in [1.807, 2.05) is 0 Å². The monoisotopic (exact) mass is 397 g/mol. The van der Waals surface area contributed by atoms with Crippen LogP contribution in [0.3, 0.4) is 0 Å². The Kier molecular flexibility index (Phi) is 4.35. The van der Waals surface area contributed by atoms with E-state index in [1.54, 1.807) is 4.72 Å². The molecule has 2 rings (SSSR count). The maximum Gasteiger partial charge on any atom is 0.263 e. The molecular formula is C11H7BrClF2N3O2S. The molecule has 0 amide bonds.